The standard InChI is InChI=1S/C13H14ClN3O/c1-7-12(16-8(2)17-13(7)15)9-4-5-10(14)11(6-9)18-3/h4-6H,1-3H3,(H2,15,16,17). The van der Waals surface area contributed by atoms with Crippen LogP contribution in [0.15, 0.2) is 18.2 Å². The molecule has 0 atom stereocenters. The van der Waals surface area contributed by atoms with Gasteiger partial charge >= 0.3 is 0 Å². The molecule has 0 saturated carbocycles. The lowest BCUT2D eigenvalue weighted by atomic mass is 10.1. The van der Waals surface area contributed by atoms with Crippen LogP contribution in [0.4, 0.5) is 5.82 Å². The van der Waals surface area contributed by atoms with Crippen LogP contribution in [0, 0.1) is 13.8 Å². The van der Waals surface area contributed by atoms with Crippen LogP contribution in [0.1, 0.15) is 11.4 Å². The van der Waals surface area contributed by atoms with E-state index in [1.54, 1.807) is 13.2 Å². The van der Waals surface area contributed by atoms with Crippen molar-refractivity contribution in [2.45, 2.75) is 13.8 Å². The highest BCUT2D eigenvalue weighted by molar-refractivity contribution is 6.32. The molecule has 4 nitrogen and oxygen atoms in total. The Balaban J connectivity index is 2.62. The number of benzene rings is 1. The third-order valence-corrected chi connectivity index (χ3v) is 3.03. The van der Waals surface area contributed by atoms with Gasteiger partial charge in [0.1, 0.15) is 17.4 Å². The second-order valence-electron chi connectivity index (χ2n) is 3.98. The fourth-order valence-electron chi connectivity index (χ4n) is 1.74. The minimum atomic E-state index is 0.492. The number of hydrogen-bond acceptors (Lipinski definition) is 4. The van der Waals surface area contributed by atoms with Gasteiger partial charge in [-0.05, 0) is 26.0 Å². The van der Waals surface area contributed by atoms with E-state index in [2.05, 4.69) is 9.97 Å². The Hall–Kier alpha value is -1.81. The molecule has 0 saturated heterocycles. The van der Waals surface area contributed by atoms with E-state index in [-0.39, 0.29) is 0 Å². The smallest absolute Gasteiger partial charge is 0.138 e. The normalized spacial score (nSPS) is 10.4. The molecule has 1 heterocycles. The van der Waals surface area contributed by atoms with Gasteiger partial charge in [-0.2, -0.15) is 0 Å². The van der Waals surface area contributed by atoms with E-state index in [1.807, 2.05) is 26.0 Å². The molecule has 5 heteroatoms. The molecule has 2 N–H and O–H groups in total. The monoisotopic (exact) mass is 263 g/mol. The van der Waals surface area contributed by atoms with Crippen LogP contribution in [0.3, 0.4) is 0 Å². The van der Waals surface area contributed by atoms with E-state index in [0.717, 1.165) is 16.8 Å². The van der Waals surface area contributed by atoms with Crippen LogP contribution in [-0.2, 0) is 0 Å². The van der Waals surface area contributed by atoms with Gasteiger partial charge < -0.3 is 10.5 Å². The first-order chi connectivity index (χ1) is 8.52. The molecule has 0 unspecified atom stereocenters. The Morgan fingerprint density at radius 2 is 1.94 bits per heavy atom. The summed E-state index contributed by atoms with van der Waals surface area (Å²) in [6.45, 7) is 3.71. The Bertz CT molecular complexity index is 599. The van der Waals surface area contributed by atoms with Crippen LogP contribution in [0.5, 0.6) is 5.75 Å². The first kappa shape index (κ1) is 12.6. The third kappa shape index (κ3) is 2.24. The van der Waals surface area contributed by atoms with E-state index in [9.17, 15) is 0 Å². The second-order valence-corrected chi connectivity index (χ2v) is 4.39. The highest BCUT2D eigenvalue weighted by Crippen LogP contribution is 2.31. The van der Waals surface area contributed by atoms with Crippen molar-refractivity contribution in [3.05, 3.63) is 34.6 Å². The highest BCUT2D eigenvalue weighted by Gasteiger charge is 2.11. The van der Waals surface area contributed by atoms with Crippen LogP contribution < -0.4 is 10.5 Å². The SMILES string of the molecule is COc1cc(-c2nc(C)nc(N)c2C)ccc1Cl. The number of hydrogen-bond donors (Lipinski definition) is 1. The maximum atomic E-state index is 6.00. The maximum Gasteiger partial charge on any atom is 0.138 e. The zero-order chi connectivity index (χ0) is 13.3. The lowest BCUT2D eigenvalue weighted by Gasteiger charge is -2.10. The summed E-state index contributed by atoms with van der Waals surface area (Å²) in [5.41, 5.74) is 8.41. The molecule has 94 valence electrons. The maximum absolute atomic E-state index is 6.00. The highest BCUT2D eigenvalue weighted by atomic mass is 35.5. The second kappa shape index (κ2) is 4.82. The molecular formula is C13H14ClN3O. The first-order valence-corrected chi connectivity index (χ1v) is 5.85. The summed E-state index contributed by atoms with van der Waals surface area (Å²) >= 11 is 6.00. The van der Waals surface area contributed by atoms with Crippen LogP contribution in [0.2, 0.25) is 5.02 Å². The molecule has 0 aliphatic heterocycles. The number of nitrogens with zero attached hydrogens (tertiary/aromatic N) is 2. The molecule has 1 aromatic carbocycles. The molecule has 0 spiro atoms. The van der Waals surface area contributed by atoms with Gasteiger partial charge in [0, 0.05) is 11.1 Å². The van der Waals surface area contributed by atoms with Crippen LogP contribution in [-0.4, -0.2) is 17.1 Å². The summed E-state index contributed by atoms with van der Waals surface area (Å²) in [7, 11) is 1.58. The molecule has 18 heavy (non-hydrogen) atoms. The van der Waals surface area contributed by atoms with Crippen molar-refractivity contribution in [3.63, 3.8) is 0 Å². The topological polar surface area (TPSA) is 61.0 Å². The number of nitrogen functional groups attached to an aromatic ring is 1. The Morgan fingerprint density at radius 1 is 1.22 bits per heavy atom. The zero-order valence-corrected chi connectivity index (χ0v) is 11.2. The summed E-state index contributed by atoms with van der Waals surface area (Å²) in [6, 6.07) is 5.51. The van der Waals surface area contributed by atoms with Gasteiger partial charge in [-0.15, -0.1) is 0 Å². The molecule has 0 radical (unpaired) electrons. The lowest BCUT2D eigenvalue weighted by Crippen LogP contribution is -2.02. The number of aromatic nitrogens is 2. The molecule has 2 rings (SSSR count). The number of nitrogens with two attached hydrogens (primary N) is 1. The van der Waals surface area contributed by atoms with Gasteiger partial charge in [-0.1, -0.05) is 17.7 Å². The number of aryl methyl sites for hydroxylation is 1. The summed E-state index contributed by atoms with van der Waals surface area (Å²) in [6.07, 6.45) is 0. The van der Waals surface area contributed by atoms with Crippen molar-refractivity contribution in [3.8, 4) is 17.0 Å². The van der Waals surface area contributed by atoms with E-state index in [4.69, 9.17) is 22.1 Å². The summed E-state index contributed by atoms with van der Waals surface area (Å²) < 4.78 is 5.20. The molecule has 0 aliphatic rings. The van der Waals surface area contributed by atoms with Gasteiger partial charge in [0.15, 0.2) is 0 Å². The van der Waals surface area contributed by atoms with Crippen LogP contribution >= 0.6 is 11.6 Å². The number of halogens is 1. The van der Waals surface area contributed by atoms with Crippen molar-refractivity contribution in [2.75, 3.05) is 12.8 Å². The number of ether oxygens (including phenoxy) is 1. The molecule has 2 aromatic rings. The lowest BCUT2D eigenvalue weighted by molar-refractivity contribution is 0.415. The molecule has 1 aromatic heterocycles. The van der Waals surface area contributed by atoms with Crippen molar-refractivity contribution < 1.29 is 4.74 Å². The average Bonchev–Trinajstić information content (AvgIpc) is 2.34. The van der Waals surface area contributed by atoms with Gasteiger partial charge in [0.25, 0.3) is 0 Å². The minimum Gasteiger partial charge on any atom is -0.495 e. The Labute approximate surface area is 111 Å². The average molecular weight is 264 g/mol. The predicted molar refractivity (Wildman–Crippen MR) is 72.9 cm³/mol. The number of rotatable bonds is 2. The first-order valence-electron chi connectivity index (χ1n) is 5.47. The number of anilines is 1. The zero-order valence-electron chi connectivity index (χ0n) is 10.5. The van der Waals surface area contributed by atoms with E-state index in [0.29, 0.717) is 22.4 Å². The molecule has 0 amide bonds. The molecule has 0 fully saturated rings. The van der Waals surface area contributed by atoms with Crippen molar-refractivity contribution in [1.82, 2.24) is 9.97 Å². The fraction of sp³-hybridized carbons (Fsp3) is 0.231. The molecule has 0 bridgehead atoms. The fourth-order valence-corrected chi connectivity index (χ4v) is 1.93. The van der Waals surface area contributed by atoms with E-state index in [1.165, 1.54) is 0 Å². The predicted octanol–water partition coefficient (Wildman–Crippen LogP) is 3.00. The third-order valence-electron chi connectivity index (χ3n) is 2.72. The molecule has 0 aliphatic carbocycles. The van der Waals surface area contributed by atoms with Gasteiger partial charge in [0.2, 0.25) is 0 Å². The summed E-state index contributed by atoms with van der Waals surface area (Å²) in [5, 5.41) is 0.567. The summed E-state index contributed by atoms with van der Waals surface area (Å²) in [4.78, 5) is 8.55. The van der Waals surface area contributed by atoms with Crippen molar-refractivity contribution >= 4 is 17.4 Å². The van der Waals surface area contributed by atoms with E-state index >= 15 is 0 Å². The van der Waals surface area contributed by atoms with Crippen molar-refractivity contribution in [2.24, 2.45) is 0 Å². The summed E-state index contributed by atoms with van der Waals surface area (Å²) in [5.74, 6) is 1.75. The van der Waals surface area contributed by atoms with E-state index < -0.39 is 0 Å². The minimum absolute atomic E-state index is 0.492. The van der Waals surface area contributed by atoms with Gasteiger partial charge in [-0.25, -0.2) is 9.97 Å². The van der Waals surface area contributed by atoms with Gasteiger partial charge in [-0.3, -0.25) is 0 Å². The Kier molecular flexibility index (Phi) is 3.39. The Morgan fingerprint density at radius 3 is 2.61 bits per heavy atom. The quantitative estimate of drug-likeness (QED) is 0.905. The number of methoxy groups -OCH3 is 1. The molecular weight excluding hydrogens is 250 g/mol. The van der Waals surface area contributed by atoms with Gasteiger partial charge in [0.05, 0.1) is 17.8 Å². The van der Waals surface area contributed by atoms with Crippen molar-refractivity contribution in [1.29, 1.82) is 0 Å². The largest absolute Gasteiger partial charge is 0.495 e. The van der Waals surface area contributed by atoms with Crippen LogP contribution in [0.25, 0.3) is 11.3 Å².